The van der Waals surface area contributed by atoms with Crippen LogP contribution in [0.25, 0.3) is 0 Å². The SMILES string of the molecule is CCCNC(Cc1cc(C)ccc1C)C1CCCOC1. The number of hydrogen-bond acceptors (Lipinski definition) is 2. The fourth-order valence-corrected chi connectivity index (χ4v) is 3.08. The second kappa shape index (κ2) is 7.80. The Bertz CT molecular complexity index is 410. The van der Waals surface area contributed by atoms with Crippen molar-refractivity contribution in [2.45, 2.75) is 52.5 Å². The van der Waals surface area contributed by atoms with Gasteiger partial charge in [-0.1, -0.05) is 30.7 Å². The molecule has 0 radical (unpaired) electrons. The second-order valence-corrected chi connectivity index (χ2v) is 6.17. The van der Waals surface area contributed by atoms with Crippen LogP contribution in [0, 0.1) is 19.8 Å². The van der Waals surface area contributed by atoms with E-state index in [1.165, 1.54) is 36.0 Å². The predicted octanol–water partition coefficient (Wildman–Crippen LogP) is 3.64. The zero-order valence-electron chi connectivity index (χ0n) is 13.2. The van der Waals surface area contributed by atoms with E-state index in [1.807, 2.05) is 0 Å². The molecule has 1 aromatic rings. The largest absolute Gasteiger partial charge is 0.381 e. The number of benzene rings is 1. The molecule has 2 atom stereocenters. The van der Waals surface area contributed by atoms with E-state index in [0.29, 0.717) is 12.0 Å². The molecule has 0 bridgehead atoms. The Kier molecular flexibility index (Phi) is 6.06. The van der Waals surface area contributed by atoms with Crippen molar-refractivity contribution in [3.63, 3.8) is 0 Å². The van der Waals surface area contributed by atoms with Gasteiger partial charge >= 0.3 is 0 Å². The molecule has 1 aliphatic heterocycles. The Labute approximate surface area is 123 Å². The Balaban J connectivity index is 2.07. The maximum absolute atomic E-state index is 5.69. The third-order valence-corrected chi connectivity index (χ3v) is 4.37. The molecule has 20 heavy (non-hydrogen) atoms. The van der Waals surface area contributed by atoms with E-state index in [1.54, 1.807) is 0 Å². The summed E-state index contributed by atoms with van der Waals surface area (Å²) in [7, 11) is 0. The molecule has 2 nitrogen and oxygen atoms in total. The summed E-state index contributed by atoms with van der Waals surface area (Å²) in [6, 6.07) is 7.35. The summed E-state index contributed by atoms with van der Waals surface area (Å²) in [5, 5.41) is 3.75. The minimum Gasteiger partial charge on any atom is -0.381 e. The van der Waals surface area contributed by atoms with Crippen LogP contribution in [0.1, 0.15) is 42.9 Å². The molecule has 112 valence electrons. The van der Waals surface area contributed by atoms with Crippen molar-refractivity contribution in [1.82, 2.24) is 5.32 Å². The lowest BCUT2D eigenvalue weighted by Crippen LogP contribution is -2.42. The van der Waals surface area contributed by atoms with E-state index in [0.717, 1.165) is 26.2 Å². The normalized spacial score (nSPS) is 20.9. The molecule has 1 heterocycles. The number of nitrogens with one attached hydrogen (secondary N) is 1. The van der Waals surface area contributed by atoms with Crippen molar-refractivity contribution < 1.29 is 4.74 Å². The molecule has 0 aromatic heterocycles. The van der Waals surface area contributed by atoms with Crippen molar-refractivity contribution in [2.75, 3.05) is 19.8 Å². The number of aryl methyl sites for hydroxylation is 2. The van der Waals surface area contributed by atoms with Gasteiger partial charge in [-0.25, -0.2) is 0 Å². The average molecular weight is 275 g/mol. The van der Waals surface area contributed by atoms with Gasteiger partial charge in [0.1, 0.15) is 0 Å². The van der Waals surface area contributed by atoms with E-state index < -0.39 is 0 Å². The van der Waals surface area contributed by atoms with Crippen molar-refractivity contribution in [2.24, 2.45) is 5.92 Å². The lowest BCUT2D eigenvalue weighted by Gasteiger charge is -2.31. The molecule has 2 rings (SSSR count). The smallest absolute Gasteiger partial charge is 0.0509 e. The Morgan fingerprint density at radius 1 is 1.35 bits per heavy atom. The van der Waals surface area contributed by atoms with Crippen LogP contribution in [0.5, 0.6) is 0 Å². The lowest BCUT2D eigenvalue weighted by molar-refractivity contribution is 0.0393. The molecular formula is C18H29NO. The summed E-state index contributed by atoms with van der Waals surface area (Å²) < 4.78 is 5.69. The summed E-state index contributed by atoms with van der Waals surface area (Å²) in [5.41, 5.74) is 4.26. The average Bonchev–Trinajstić information content (AvgIpc) is 2.48. The van der Waals surface area contributed by atoms with Crippen LogP contribution in [0.2, 0.25) is 0 Å². The van der Waals surface area contributed by atoms with Crippen LogP contribution in [-0.2, 0) is 11.2 Å². The number of ether oxygens (including phenoxy) is 1. The number of rotatable bonds is 6. The van der Waals surface area contributed by atoms with Crippen LogP contribution >= 0.6 is 0 Å². The lowest BCUT2D eigenvalue weighted by atomic mass is 9.87. The maximum Gasteiger partial charge on any atom is 0.0509 e. The van der Waals surface area contributed by atoms with Crippen LogP contribution in [0.15, 0.2) is 18.2 Å². The highest BCUT2D eigenvalue weighted by Crippen LogP contribution is 2.22. The molecule has 1 fully saturated rings. The first-order valence-electron chi connectivity index (χ1n) is 8.08. The fraction of sp³-hybridized carbons (Fsp3) is 0.667. The summed E-state index contributed by atoms with van der Waals surface area (Å²) in [5.74, 6) is 0.662. The highest BCUT2D eigenvalue weighted by molar-refractivity contribution is 5.31. The zero-order valence-corrected chi connectivity index (χ0v) is 13.2. The molecule has 0 saturated carbocycles. The Morgan fingerprint density at radius 3 is 2.90 bits per heavy atom. The van der Waals surface area contributed by atoms with Crippen molar-refractivity contribution in [3.05, 3.63) is 34.9 Å². The van der Waals surface area contributed by atoms with E-state index in [-0.39, 0.29) is 0 Å². The van der Waals surface area contributed by atoms with Gasteiger partial charge in [0.2, 0.25) is 0 Å². The first-order chi connectivity index (χ1) is 9.70. The predicted molar refractivity (Wildman–Crippen MR) is 85.2 cm³/mol. The fourth-order valence-electron chi connectivity index (χ4n) is 3.08. The monoisotopic (exact) mass is 275 g/mol. The molecule has 1 aromatic carbocycles. The molecule has 0 spiro atoms. The van der Waals surface area contributed by atoms with E-state index in [4.69, 9.17) is 4.74 Å². The summed E-state index contributed by atoms with van der Waals surface area (Å²) >= 11 is 0. The maximum atomic E-state index is 5.69. The third-order valence-electron chi connectivity index (χ3n) is 4.37. The Morgan fingerprint density at radius 2 is 2.20 bits per heavy atom. The van der Waals surface area contributed by atoms with Gasteiger partial charge in [-0.05, 0) is 63.1 Å². The van der Waals surface area contributed by atoms with Gasteiger partial charge in [-0.15, -0.1) is 0 Å². The molecule has 0 amide bonds. The van der Waals surface area contributed by atoms with Gasteiger partial charge in [-0.3, -0.25) is 0 Å². The van der Waals surface area contributed by atoms with Gasteiger partial charge in [-0.2, -0.15) is 0 Å². The summed E-state index contributed by atoms with van der Waals surface area (Å²) in [6.07, 6.45) is 4.83. The first-order valence-corrected chi connectivity index (χ1v) is 8.08. The number of hydrogen-bond donors (Lipinski definition) is 1. The molecule has 1 N–H and O–H groups in total. The molecule has 1 saturated heterocycles. The standard InChI is InChI=1S/C18H29NO/c1-4-9-19-18(16-6-5-10-20-13-16)12-17-11-14(2)7-8-15(17)3/h7-8,11,16,18-19H,4-6,9-10,12-13H2,1-3H3. The third kappa shape index (κ3) is 4.32. The van der Waals surface area contributed by atoms with Crippen LogP contribution in [0.4, 0.5) is 0 Å². The van der Waals surface area contributed by atoms with Gasteiger partial charge in [0.05, 0.1) is 6.61 Å². The molecular weight excluding hydrogens is 246 g/mol. The molecule has 2 heteroatoms. The second-order valence-electron chi connectivity index (χ2n) is 6.17. The van der Waals surface area contributed by atoms with Crippen LogP contribution in [-0.4, -0.2) is 25.8 Å². The van der Waals surface area contributed by atoms with E-state index in [2.05, 4.69) is 44.3 Å². The highest BCUT2D eigenvalue weighted by atomic mass is 16.5. The topological polar surface area (TPSA) is 21.3 Å². The zero-order chi connectivity index (χ0) is 14.4. The first kappa shape index (κ1) is 15.5. The van der Waals surface area contributed by atoms with E-state index >= 15 is 0 Å². The van der Waals surface area contributed by atoms with E-state index in [9.17, 15) is 0 Å². The van der Waals surface area contributed by atoms with Crippen molar-refractivity contribution in [3.8, 4) is 0 Å². The van der Waals surface area contributed by atoms with Gasteiger partial charge in [0.15, 0.2) is 0 Å². The molecule has 1 aliphatic rings. The van der Waals surface area contributed by atoms with Crippen LogP contribution in [0.3, 0.4) is 0 Å². The molecule has 0 aliphatic carbocycles. The summed E-state index contributed by atoms with van der Waals surface area (Å²) in [4.78, 5) is 0. The summed E-state index contributed by atoms with van der Waals surface area (Å²) in [6.45, 7) is 9.61. The van der Waals surface area contributed by atoms with Crippen molar-refractivity contribution >= 4 is 0 Å². The minimum absolute atomic E-state index is 0.552. The quantitative estimate of drug-likeness (QED) is 0.856. The molecule has 2 unspecified atom stereocenters. The van der Waals surface area contributed by atoms with Gasteiger partial charge < -0.3 is 10.1 Å². The van der Waals surface area contributed by atoms with Gasteiger partial charge in [0, 0.05) is 12.6 Å². The minimum atomic E-state index is 0.552. The van der Waals surface area contributed by atoms with Crippen LogP contribution < -0.4 is 5.32 Å². The highest BCUT2D eigenvalue weighted by Gasteiger charge is 2.24. The Hall–Kier alpha value is -0.860. The van der Waals surface area contributed by atoms with Gasteiger partial charge in [0.25, 0.3) is 0 Å². The van der Waals surface area contributed by atoms with Crippen molar-refractivity contribution in [1.29, 1.82) is 0 Å².